The van der Waals surface area contributed by atoms with Crippen LogP contribution in [0.1, 0.15) is 43.2 Å². The van der Waals surface area contributed by atoms with Crippen LogP contribution in [0.2, 0.25) is 0 Å². The van der Waals surface area contributed by atoms with E-state index < -0.39 is 0 Å². The van der Waals surface area contributed by atoms with Crippen molar-refractivity contribution in [2.45, 2.75) is 32.1 Å². The van der Waals surface area contributed by atoms with Crippen molar-refractivity contribution in [3.8, 4) is 0 Å². The van der Waals surface area contributed by atoms with Gasteiger partial charge in [0.15, 0.2) is 0 Å². The third kappa shape index (κ3) is 1.83. The molecule has 86 valence electrons. The van der Waals surface area contributed by atoms with E-state index in [0.29, 0.717) is 12.5 Å². The van der Waals surface area contributed by atoms with Crippen LogP contribution in [0.3, 0.4) is 0 Å². The average Bonchev–Trinajstić information content (AvgIpc) is 2.55. The van der Waals surface area contributed by atoms with E-state index in [9.17, 15) is 4.79 Å². The van der Waals surface area contributed by atoms with Crippen molar-refractivity contribution >= 4 is 11.6 Å². The maximum absolute atomic E-state index is 11.7. The maximum atomic E-state index is 11.7. The number of hydrogen-bond donors (Lipinski definition) is 2. The second-order valence-electron chi connectivity index (χ2n) is 4.62. The highest BCUT2D eigenvalue weighted by molar-refractivity contribution is 6.02. The number of carbonyl (C=O) groups excluding carboxylic acids is 1. The van der Waals surface area contributed by atoms with Gasteiger partial charge < -0.3 is 11.1 Å². The molecule has 1 amide bonds. The topological polar surface area (TPSA) is 55.1 Å². The Labute approximate surface area is 96.0 Å². The lowest BCUT2D eigenvalue weighted by molar-refractivity contribution is -0.117. The van der Waals surface area contributed by atoms with Gasteiger partial charge in [-0.2, -0.15) is 0 Å². The van der Waals surface area contributed by atoms with Crippen molar-refractivity contribution in [3.63, 3.8) is 0 Å². The molecule has 1 unspecified atom stereocenters. The van der Waals surface area contributed by atoms with Gasteiger partial charge in [0, 0.05) is 5.69 Å². The molecule has 1 atom stereocenters. The van der Waals surface area contributed by atoms with E-state index >= 15 is 0 Å². The van der Waals surface area contributed by atoms with Crippen LogP contribution in [0.5, 0.6) is 0 Å². The Morgan fingerprint density at radius 3 is 2.81 bits per heavy atom. The monoisotopic (exact) mass is 218 g/mol. The van der Waals surface area contributed by atoms with Gasteiger partial charge in [-0.1, -0.05) is 26.0 Å². The number of hydrogen-bond acceptors (Lipinski definition) is 2. The molecule has 16 heavy (non-hydrogen) atoms. The maximum Gasteiger partial charge on any atom is 0.232 e. The number of anilines is 1. The average molecular weight is 218 g/mol. The Morgan fingerprint density at radius 2 is 2.19 bits per heavy atom. The molecule has 0 aromatic heterocycles. The molecule has 0 fully saturated rings. The van der Waals surface area contributed by atoms with Gasteiger partial charge in [-0.15, -0.1) is 0 Å². The summed E-state index contributed by atoms with van der Waals surface area (Å²) in [6, 6.07) is 6.21. The molecule has 1 aromatic carbocycles. The normalized spacial score (nSPS) is 18.8. The van der Waals surface area contributed by atoms with E-state index in [4.69, 9.17) is 5.73 Å². The third-order valence-corrected chi connectivity index (χ3v) is 3.15. The summed E-state index contributed by atoms with van der Waals surface area (Å²) in [5, 5.41) is 2.90. The minimum atomic E-state index is -0.0568. The van der Waals surface area contributed by atoms with Crippen LogP contribution < -0.4 is 11.1 Å². The minimum Gasteiger partial charge on any atom is -0.330 e. The number of nitrogens with two attached hydrogens (primary N) is 1. The van der Waals surface area contributed by atoms with Crippen LogP contribution in [0, 0.1) is 0 Å². The first kappa shape index (κ1) is 11.1. The molecule has 3 heteroatoms. The summed E-state index contributed by atoms with van der Waals surface area (Å²) in [7, 11) is 0. The van der Waals surface area contributed by atoms with E-state index in [1.807, 2.05) is 6.07 Å². The van der Waals surface area contributed by atoms with Crippen molar-refractivity contribution < 1.29 is 4.79 Å². The number of nitrogens with one attached hydrogen (secondary N) is 1. The fourth-order valence-electron chi connectivity index (χ4n) is 2.16. The lowest BCUT2D eigenvalue weighted by Gasteiger charge is -2.10. The van der Waals surface area contributed by atoms with Crippen LogP contribution in [-0.2, 0) is 4.79 Å². The Balaban J connectivity index is 2.38. The molecule has 3 N–H and O–H groups in total. The molecule has 1 heterocycles. The van der Waals surface area contributed by atoms with E-state index in [0.717, 1.165) is 17.7 Å². The molecule has 3 nitrogen and oxygen atoms in total. The lowest BCUT2D eigenvalue weighted by atomic mass is 9.93. The molecular weight excluding hydrogens is 200 g/mol. The molecule has 0 radical (unpaired) electrons. The summed E-state index contributed by atoms with van der Waals surface area (Å²) >= 11 is 0. The smallest absolute Gasteiger partial charge is 0.232 e. The highest BCUT2D eigenvalue weighted by Gasteiger charge is 2.29. The first-order valence-electron chi connectivity index (χ1n) is 5.78. The Kier molecular flexibility index (Phi) is 2.97. The standard InChI is InChI=1S/C13H18N2O/c1-8(2)9-3-4-12-11(7-9)10(5-6-14)13(16)15-12/h3-4,7-8,10H,5-6,14H2,1-2H3,(H,15,16). The molecule has 0 bridgehead atoms. The Hall–Kier alpha value is -1.35. The van der Waals surface area contributed by atoms with Gasteiger partial charge in [-0.05, 0) is 36.1 Å². The zero-order chi connectivity index (χ0) is 11.7. The van der Waals surface area contributed by atoms with E-state index in [1.165, 1.54) is 5.56 Å². The van der Waals surface area contributed by atoms with Crippen LogP contribution >= 0.6 is 0 Å². The van der Waals surface area contributed by atoms with Crippen LogP contribution in [0.15, 0.2) is 18.2 Å². The second-order valence-corrected chi connectivity index (χ2v) is 4.62. The molecule has 0 saturated carbocycles. The molecule has 0 saturated heterocycles. The summed E-state index contributed by atoms with van der Waals surface area (Å²) in [6.45, 7) is 4.86. The fourth-order valence-corrected chi connectivity index (χ4v) is 2.16. The predicted octanol–water partition coefficient (Wildman–Crippen LogP) is 2.19. The SMILES string of the molecule is CC(C)c1ccc2c(c1)C(CCN)C(=O)N2. The first-order chi connectivity index (χ1) is 7.63. The summed E-state index contributed by atoms with van der Waals surface area (Å²) in [5.74, 6) is 0.514. The van der Waals surface area contributed by atoms with Gasteiger partial charge in [-0.3, -0.25) is 4.79 Å². The first-order valence-corrected chi connectivity index (χ1v) is 5.78. The van der Waals surface area contributed by atoms with Gasteiger partial charge in [0.2, 0.25) is 5.91 Å². The Bertz CT molecular complexity index is 412. The molecule has 1 aliphatic rings. The lowest BCUT2D eigenvalue weighted by Crippen LogP contribution is -2.15. The largest absolute Gasteiger partial charge is 0.330 e. The minimum absolute atomic E-state index is 0.0568. The quantitative estimate of drug-likeness (QED) is 0.817. The molecule has 0 aliphatic carbocycles. The van der Waals surface area contributed by atoms with Crippen LogP contribution in [0.4, 0.5) is 5.69 Å². The number of fused-ring (bicyclic) bond motifs is 1. The summed E-state index contributed by atoms with van der Waals surface area (Å²) in [4.78, 5) is 11.7. The second kappa shape index (κ2) is 4.26. The zero-order valence-electron chi connectivity index (χ0n) is 9.79. The van der Waals surface area contributed by atoms with E-state index in [2.05, 4.69) is 31.3 Å². The van der Waals surface area contributed by atoms with Gasteiger partial charge in [-0.25, -0.2) is 0 Å². The van der Waals surface area contributed by atoms with Crippen molar-refractivity contribution in [3.05, 3.63) is 29.3 Å². The van der Waals surface area contributed by atoms with Gasteiger partial charge in [0.05, 0.1) is 5.92 Å². The van der Waals surface area contributed by atoms with Crippen LogP contribution in [-0.4, -0.2) is 12.5 Å². The molecule has 2 rings (SSSR count). The summed E-state index contributed by atoms with van der Waals surface area (Å²) in [6.07, 6.45) is 0.723. The van der Waals surface area contributed by atoms with Gasteiger partial charge >= 0.3 is 0 Å². The highest BCUT2D eigenvalue weighted by atomic mass is 16.2. The summed E-state index contributed by atoms with van der Waals surface area (Å²) in [5.41, 5.74) is 8.89. The van der Waals surface area contributed by atoms with Crippen molar-refractivity contribution in [1.82, 2.24) is 0 Å². The Morgan fingerprint density at radius 1 is 1.44 bits per heavy atom. The van der Waals surface area contributed by atoms with E-state index in [1.54, 1.807) is 0 Å². The number of amides is 1. The fraction of sp³-hybridized carbons (Fsp3) is 0.462. The number of rotatable bonds is 3. The van der Waals surface area contributed by atoms with Crippen molar-refractivity contribution in [2.24, 2.45) is 5.73 Å². The molecule has 1 aromatic rings. The summed E-state index contributed by atoms with van der Waals surface area (Å²) < 4.78 is 0. The van der Waals surface area contributed by atoms with E-state index in [-0.39, 0.29) is 11.8 Å². The molecular formula is C13H18N2O. The van der Waals surface area contributed by atoms with Crippen molar-refractivity contribution in [2.75, 3.05) is 11.9 Å². The number of carbonyl (C=O) groups is 1. The zero-order valence-corrected chi connectivity index (χ0v) is 9.79. The predicted molar refractivity (Wildman–Crippen MR) is 65.6 cm³/mol. The molecule has 0 spiro atoms. The van der Waals surface area contributed by atoms with Gasteiger partial charge in [0.25, 0.3) is 0 Å². The van der Waals surface area contributed by atoms with Gasteiger partial charge in [0.1, 0.15) is 0 Å². The molecule has 1 aliphatic heterocycles. The highest BCUT2D eigenvalue weighted by Crippen LogP contribution is 2.36. The van der Waals surface area contributed by atoms with Crippen molar-refractivity contribution in [1.29, 1.82) is 0 Å². The number of benzene rings is 1. The van der Waals surface area contributed by atoms with Crippen LogP contribution in [0.25, 0.3) is 0 Å². The third-order valence-electron chi connectivity index (χ3n) is 3.15.